The molecule has 19 heavy (non-hydrogen) atoms. The van der Waals surface area contributed by atoms with E-state index in [0.717, 1.165) is 18.7 Å². The highest BCUT2D eigenvalue weighted by molar-refractivity contribution is 5.89. The second-order valence-electron chi connectivity index (χ2n) is 4.83. The molecule has 0 aromatic heterocycles. The first-order chi connectivity index (χ1) is 9.36. The Morgan fingerprint density at radius 3 is 2.74 bits per heavy atom. The summed E-state index contributed by atoms with van der Waals surface area (Å²) in [6, 6.07) is 12.9. The average Bonchev–Trinajstić information content (AvgIpc) is 2.46. The van der Waals surface area contributed by atoms with Crippen LogP contribution in [0.4, 0.5) is 0 Å². The Labute approximate surface area is 115 Å². The van der Waals surface area contributed by atoms with Crippen molar-refractivity contribution in [1.29, 1.82) is 0 Å². The van der Waals surface area contributed by atoms with E-state index in [4.69, 9.17) is 4.74 Å². The molecule has 0 unspecified atom stereocenters. The van der Waals surface area contributed by atoms with Crippen LogP contribution in [0.5, 0.6) is 5.75 Å². The summed E-state index contributed by atoms with van der Waals surface area (Å²) >= 11 is 0. The Kier molecular flexibility index (Phi) is 5.22. The summed E-state index contributed by atoms with van der Waals surface area (Å²) in [5.74, 6) is 1.07. The molecule has 2 rings (SSSR count). The van der Waals surface area contributed by atoms with Crippen LogP contribution in [0.3, 0.4) is 0 Å². The molecule has 0 saturated heterocycles. The van der Waals surface area contributed by atoms with Crippen LogP contribution in [-0.4, -0.2) is 20.2 Å². The second kappa shape index (κ2) is 7.15. The van der Waals surface area contributed by atoms with Crippen LogP contribution in [0.25, 0.3) is 10.8 Å². The minimum Gasteiger partial charge on any atom is -0.491 e. The number of nitrogens with one attached hydrogen (secondary N) is 1. The van der Waals surface area contributed by atoms with E-state index in [1.807, 2.05) is 7.05 Å². The fraction of sp³-hybridized carbons (Fsp3) is 0.412. The highest BCUT2D eigenvalue weighted by atomic mass is 16.5. The van der Waals surface area contributed by atoms with E-state index < -0.39 is 0 Å². The number of benzene rings is 2. The number of fused-ring (bicyclic) bond motifs is 1. The fourth-order valence-corrected chi connectivity index (χ4v) is 2.28. The van der Waals surface area contributed by atoms with Crippen LogP contribution in [-0.2, 0) is 6.42 Å². The smallest absolute Gasteiger partial charge is 0.130 e. The SMILES string of the molecule is CCCCc1ccc2ccccc2c1OCCNC. The molecule has 2 aromatic rings. The van der Waals surface area contributed by atoms with Crippen LogP contribution in [0.15, 0.2) is 36.4 Å². The van der Waals surface area contributed by atoms with E-state index in [9.17, 15) is 0 Å². The number of likely N-dealkylation sites (N-methyl/N-ethyl adjacent to an activating group) is 1. The number of unbranched alkanes of at least 4 members (excludes halogenated alkanes) is 1. The van der Waals surface area contributed by atoms with Crippen molar-refractivity contribution in [3.05, 3.63) is 42.0 Å². The van der Waals surface area contributed by atoms with Crippen molar-refractivity contribution >= 4 is 10.8 Å². The van der Waals surface area contributed by atoms with Gasteiger partial charge in [0.05, 0.1) is 0 Å². The van der Waals surface area contributed by atoms with Gasteiger partial charge in [0.15, 0.2) is 0 Å². The first kappa shape index (κ1) is 13.9. The van der Waals surface area contributed by atoms with Gasteiger partial charge in [-0.2, -0.15) is 0 Å². The molecule has 0 saturated carbocycles. The average molecular weight is 257 g/mol. The van der Waals surface area contributed by atoms with Crippen LogP contribution < -0.4 is 10.1 Å². The summed E-state index contributed by atoms with van der Waals surface area (Å²) in [5, 5.41) is 5.60. The van der Waals surface area contributed by atoms with Crippen molar-refractivity contribution in [1.82, 2.24) is 5.32 Å². The van der Waals surface area contributed by atoms with E-state index in [2.05, 4.69) is 48.6 Å². The number of aryl methyl sites for hydroxylation is 1. The Morgan fingerprint density at radius 2 is 1.95 bits per heavy atom. The Balaban J connectivity index is 2.33. The molecule has 0 atom stereocenters. The molecule has 2 aromatic carbocycles. The van der Waals surface area contributed by atoms with Gasteiger partial charge in [0.2, 0.25) is 0 Å². The molecule has 0 spiro atoms. The zero-order valence-corrected chi connectivity index (χ0v) is 11.9. The molecule has 0 aliphatic heterocycles. The van der Waals surface area contributed by atoms with Gasteiger partial charge in [-0.25, -0.2) is 0 Å². The number of ether oxygens (including phenoxy) is 1. The minimum absolute atomic E-state index is 0.712. The van der Waals surface area contributed by atoms with Gasteiger partial charge in [-0.15, -0.1) is 0 Å². The van der Waals surface area contributed by atoms with Gasteiger partial charge in [-0.1, -0.05) is 49.7 Å². The van der Waals surface area contributed by atoms with Crippen molar-refractivity contribution < 1.29 is 4.74 Å². The molecular weight excluding hydrogens is 234 g/mol. The molecule has 0 amide bonds. The van der Waals surface area contributed by atoms with E-state index >= 15 is 0 Å². The largest absolute Gasteiger partial charge is 0.491 e. The highest BCUT2D eigenvalue weighted by Crippen LogP contribution is 2.30. The maximum Gasteiger partial charge on any atom is 0.130 e. The van der Waals surface area contributed by atoms with Gasteiger partial charge in [-0.05, 0) is 30.8 Å². The van der Waals surface area contributed by atoms with Crippen molar-refractivity contribution in [3.8, 4) is 5.75 Å². The minimum atomic E-state index is 0.712. The van der Waals surface area contributed by atoms with Gasteiger partial charge in [0, 0.05) is 11.9 Å². The van der Waals surface area contributed by atoms with Crippen LogP contribution >= 0.6 is 0 Å². The van der Waals surface area contributed by atoms with E-state index in [-0.39, 0.29) is 0 Å². The van der Waals surface area contributed by atoms with Gasteiger partial charge in [0.25, 0.3) is 0 Å². The first-order valence-electron chi connectivity index (χ1n) is 7.15. The van der Waals surface area contributed by atoms with Gasteiger partial charge in [0.1, 0.15) is 12.4 Å². The van der Waals surface area contributed by atoms with Crippen LogP contribution in [0, 0.1) is 0 Å². The molecular formula is C17H23NO. The summed E-state index contributed by atoms with van der Waals surface area (Å²) in [6.07, 6.45) is 3.51. The van der Waals surface area contributed by atoms with Crippen molar-refractivity contribution in [2.24, 2.45) is 0 Å². The fourth-order valence-electron chi connectivity index (χ4n) is 2.28. The van der Waals surface area contributed by atoms with E-state index in [0.29, 0.717) is 6.61 Å². The van der Waals surface area contributed by atoms with E-state index in [1.165, 1.54) is 29.2 Å². The molecule has 0 fully saturated rings. The molecule has 2 nitrogen and oxygen atoms in total. The summed E-state index contributed by atoms with van der Waals surface area (Å²) < 4.78 is 6.03. The maximum atomic E-state index is 6.03. The lowest BCUT2D eigenvalue weighted by Crippen LogP contribution is -2.16. The van der Waals surface area contributed by atoms with Gasteiger partial charge >= 0.3 is 0 Å². The van der Waals surface area contributed by atoms with Crippen molar-refractivity contribution in [2.75, 3.05) is 20.2 Å². The third-order valence-electron chi connectivity index (χ3n) is 3.36. The summed E-state index contributed by atoms with van der Waals surface area (Å²) in [7, 11) is 1.95. The third-order valence-corrected chi connectivity index (χ3v) is 3.36. The highest BCUT2D eigenvalue weighted by Gasteiger charge is 2.08. The normalized spacial score (nSPS) is 10.8. The van der Waals surface area contributed by atoms with Crippen molar-refractivity contribution in [2.45, 2.75) is 26.2 Å². The third kappa shape index (κ3) is 3.48. The molecule has 1 N–H and O–H groups in total. The summed E-state index contributed by atoms with van der Waals surface area (Å²) in [4.78, 5) is 0. The molecule has 0 radical (unpaired) electrons. The molecule has 0 aliphatic rings. The zero-order chi connectivity index (χ0) is 13.5. The second-order valence-corrected chi connectivity index (χ2v) is 4.83. The lowest BCUT2D eigenvalue weighted by Gasteiger charge is -2.14. The molecule has 102 valence electrons. The van der Waals surface area contributed by atoms with Gasteiger partial charge in [-0.3, -0.25) is 0 Å². The quantitative estimate of drug-likeness (QED) is 0.762. The van der Waals surface area contributed by atoms with Crippen molar-refractivity contribution in [3.63, 3.8) is 0 Å². The number of hydrogen-bond acceptors (Lipinski definition) is 2. The lowest BCUT2D eigenvalue weighted by atomic mass is 10.0. The Bertz CT molecular complexity index is 522. The molecule has 0 bridgehead atoms. The topological polar surface area (TPSA) is 21.3 Å². The van der Waals surface area contributed by atoms with Gasteiger partial charge < -0.3 is 10.1 Å². The lowest BCUT2D eigenvalue weighted by molar-refractivity contribution is 0.318. The van der Waals surface area contributed by atoms with Crippen LogP contribution in [0.2, 0.25) is 0 Å². The summed E-state index contributed by atoms with van der Waals surface area (Å²) in [5.41, 5.74) is 1.33. The predicted octanol–water partition coefficient (Wildman–Crippen LogP) is 3.78. The predicted molar refractivity (Wildman–Crippen MR) is 82.0 cm³/mol. The molecule has 0 aliphatic carbocycles. The monoisotopic (exact) mass is 257 g/mol. The van der Waals surface area contributed by atoms with E-state index in [1.54, 1.807) is 0 Å². The maximum absolute atomic E-state index is 6.03. The number of rotatable bonds is 7. The molecule has 0 heterocycles. The standard InChI is InChI=1S/C17H23NO/c1-3-4-7-15-11-10-14-8-5-6-9-16(14)17(15)19-13-12-18-2/h5-6,8-11,18H,3-4,7,12-13H2,1-2H3. The van der Waals surface area contributed by atoms with Crippen LogP contribution in [0.1, 0.15) is 25.3 Å². The first-order valence-corrected chi connectivity index (χ1v) is 7.15. The summed E-state index contributed by atoms with van der Waals surface area (Å²) in [6.45, 7) is 3.81. The molecule has 2 heteroatoms. The Morgan fingerprint density at radius 1 is 1.11 bits per heavy atom. The zero-order valence-electron chi connectivity index (χ0n) is 11.9. The number of hydrogen-bond donors (Lipinski definition) is 1. The Hall–Kier alpha value is -1.54.